The van der Waals surface area contributed by atoms with E-state index in [0.29, 0.717) is 28.5 Å². The Bertz CT molecular complexity index is 825. The molecule has 1 saturated carbocycles. The lowest BCUT2D eigenvalue weighted by molar-refractivity contribution is 0.528. The monoisotopic (exact) mass is 347 g/mol. The van der Waals surface area contributed by atoms with E-state index in [0.717, 1.165) is 16.5 Å². The number of halogens is 1. The van der Waals surface area contributed by atoms with E-state index < -0.39 is 0 Å². The van der Waals surface area contributed by atoms with Crippen molar-refractivity contribution in [3.05, 3.63) is 41.0 Å². The summed E-state index contributed by atoms with van der Waals surface area (Å²) in [5.41, 5.74) is 0.854. The average molecular weight is 348 g/mol. The molecule has 1 fully saturated rings. The molecule has 0 spiro atoms. The van der Waals surface area contributed by atoms with E-state index in [1.807, 2.05) is 19.2 Å². The number of nitrogens with zero attached hydrogens (tertiary/aromatic N) is 5. The molecule has 0 amide bonds. The smallest absolute Gasteiger partial charge is 0.247 e. The Labute approximate surface area is 142 Å². The van der Waals surface area contributed by atoms with Gasteiger partial charge in [0.25, 0.3) is 0 Å². The van der Waals surface area contributed by atoms with Gasteiger partial charge in [0.05, 0.1) is 5.75 Å². The minimum absolute atomic E-state index is 0.494. The van der Waals surface area contributed by atoms with Crippen molar-refractivity contribution in [1.29, 1.82) is 0 Å². The van der Waals surface area contributed by atoms with Gasteiger partial charge in [0.15, 0.2) is 5.16 Å². The second kappa shape index (κ2) is 5.98. The number of hydrogen-bond acceptors (Lipinski definition) is 6. The molecule has 2 heterocycles. The molecule has 0 saturated heterocycles. The van der Waals surface area contributed by atoms with Crippen molar-refractivity contribution in [3.8, 4) is 11.5 Å². The number of aromatic nitrogens is 5. The van der Waals surface area contributed by atoms with Crippen molar-refractivity contribution < 1.29 is 4.42 Å². The Kier molecular flexibility index (Phi) is 3.82. The van der Waals surface area contributed by atoms with Gasteiger partial charge < -0.3 is 8.98 Å². The Morgan fingerprint density at radius 2 is 1.96 bits per heavy atom. The molecule has 23 heavy (non-hydrogen) atoms. The summed E-state index contributed by atoms with van der Waals surface area (Å²) in [7, 11) is 2.00. The van der Waals surface area contributed by atoms with Crippen LogP contribution in [0.1, 0.15) is 30.5 Å². The second-order valence-corrected chi connectivity index (χ2v) is 6.85. The van der Waals surface area contributed by atoms with Crippen LogP contribution in [-0.2, 0) is 12.8 Å². The summed E-state index contributed by atoms with van der Waals surface area (Å²) in [6.07, 6.45) is 2.43. The van der Waals surface area contributed by atoms with E-state index in [4.69, 9.17) is 16.0 Å². The molecule has 0 atom stereocenters. The molecular weight excluding hydrogens is 334 g/mol. The van der Waals surface area contributed by atoms with Crippen LogP contribution in [0.3, 0.4) is 0 Å². The van der Waals surface area contributed by atoms with E-state index in [1.165, 1.54) is 12.8 Å². The first kappa shape index (κ1) is 14.7. The molecule has 1 aliphatic rings. The highest BCUT2D eigenvalue weighted by atomic mass is 35.5. The molecular formula is C15H14ClN5OS. The molecule has 2 aromatic heterocycles. The quantitative estimate of drug-likeness (QED) is 0.655. The van der Waals surface area contributed by atoms with Crippen molar-refractivity contribution in [2.45, 2.75) is 29.7 Å². The lowest BCUT2D eigenvalue weighted by Gasteiger charge is -2.00. The van der Waals surface area contributed by atoms with Crippen molar-refractivity contribution in [2.75, 3.05) is 0 Å². The van der Waals surface area contributed by atoms with Crippen molar-refractivity contribution in [1.82, 2.24) is 25.0 Å². The number of hydrogen-bond donors (Lipinski definition) is 0. The van der Waals surface area contributed by atoms with Gasteiger partial charge in [-0.3, -0.25) is 0 Å². The Morgan fingerprint density at radius 1 is 1.17 bits per heavy atom. The molecule has 0 bridgehead atoms. The summed E-state index contributed by atoms with van der Waals surface area (Å²) in [4.78, 5) is 0. The van der Waals surface area contributed by atoms with Gasteiger partial charge >= 0.3 is 0 Å². The van der Waals surface area contributed by atoms with Gasteiger partial charge in [0, 0.05) is 23.6 Å². The van der Waals surface area contributed by atoms with Crippen molar-refractivity contribution in [2.24, 2.45) is 7.05 Å². The minimum atomic E-state index is 0.494. The summed E-state index contributed by atoms with van der Waals surface area (Å²) in [5.74, 6) is 3.28. The fourth-order valence-corrected chi connectivity index (χ4v) is 3.18. The number of rotatable bonds is 5. The van der Waals surface area contributed by atoms with Crippen LogP contribution in [0.2, 0.25) is 5.02 Å². The highest BCUT2D eigenvalue weighted by Gasteiger charge is 2.29. The van der Waals surface area contributed by atoms with Crippen LogP contribution in [0.25, 0.3) is 11.5 Å². The first-order valence-electron chi connectivity index (χ1n) is 7.31. The van der Waals surface area contributed by atoms with Gasteiger partial charge in [-0.05, 0) is 37.1 Å². The topological polar surface area (TPSA) is 69.6 Å². The SMILES string of the molecule is Cn1c(SCc2nnc(-c3ccc(Cl)cc3)o2)nnc1C1CC1. The molecule has 0 aliphatic heterocycles. The number of benzene rings is 1. The Balaban J connectivity index is 1.44. The average Bonchev–Trinajstić information content (AvgIpc) is 3.17. The zero-order valence-electron chi connectivity index (χ0n) is 12.4. The maximum atomic E-state index is 5.88. The van der Waals surface area contributed by atoms with Crippen LogP contribution in [0.5, 0.6) is 0 Å². The Morgan fingerprint density at radius 3 is 2.70 bits per heavy atom. The summed E-state index contributed by atoms with van der Waals surface area (Å²) in [6, 6.07) is 7.32. The standard InChI is InChI=1S/C15H14ClN5OS/c1-21-13(9-2-3-9)18-20-15(21)23-8-12-17-19-14(22-12)10-4-6-11(16)7-5-10/h4-7,9H,2-3,8H2,1H3. The highest BCUT2D eigenvalue weighted by Crippen LogP contribution is 2.39. The zero-order valence-corrected chi connectivity index (χ0v) is 14.0. The van der Waals surface area contributed by atoms with Crippen LogP contribution < -0.4 is 0 Å². The fourth-order valence-electron chi connectivity index (χ4n) is 2.30. The molecule has 8 heteroatoms. The lowest BCUT2D eigenvalue weighted by atomic mass is 10.2. The zero-order chi connectivity index (χ0) is 15.8. The van der Waals surface area contributed by atoms with Crippen molar-refractivity contribution in [3.63, 3.8) is 0 Å². The molecule has 1 aliphatic carbocycles. The first-order chi connectivity index (χ1) is 11.2. The lowest BCUT2D eigenvalue weighted by Crippen LogP contribution is -1.97. The molecule has 0 N–H and O–H groups in total. The van der Waals surface area contributed by atoms with E-state index in [2.05, 4.69) is 25.0 Å². The maximum Gasteiger partial charge on any atom is 0.247 e. The maximum absolute atomic E-state index is 5.88. The molecule has 1 aromatic carbocycles. The summed E-state index contributed by atoms with van der Waals surface area (Å²) in [5, 5.41) is 18.2. The van der Waals surface area contributed by atoms with Gasteiger partial charge in [-0.2, -0.15) is 0 Å². The third-order valence-electron chi connectivity index (χ3n) is 3.69. The third kappa shape index (κ3) is 3.11. The van der Waals surface area contributed by atoms with E-state index in [-0.39, 0.29) is 0 Å². The normalized spacial score (nSPS) is 14.3. The second-order valence-electron chi connectivity index (χ2n) is 5.47. The third-order valence-corrected chi connectivity index (χ3v) is 4.95. The van der Waals surface area contributed by atoms with E-state index >= 15 is 0 Å². The van der Waals surface area contributed by atoms with Crippen LogP contribution in [0, 0.1) is 0 Å². The molecule has 0 unspecified atom stereocenters. The van der Waals surface area contributed by atoms with Gasteiger partial charge in [-0.25, -0.2) is 0 Å². The van der Waals surface area contributed by atoms with E-state index in [9.17, 15) is 0 Å². The predicted octanol–water partition coefficient (Wildman–Crippen LogP) is 3.69. The van der Waals surface area contributed by atoms with Gasteiger partial charge in [0.1, 0.15) is 5.82 Å². The first-order valence-corrected chi connectivity index (χ1v) is 8.67. The highest BCUT2D eigenvalue weighted by molar-refractivity contribution is 7.98. The minimum Gasteiger partial charge on any atom is -0.420 e. The van der Waals surface area contributed by atoms with E-state index in [1.54, 1.807) is 23.9 Å². The molecule has 4 rings (SSSR count). The van der Waals surface area contributed by atoms with Gasteiger partial charge in [0.2, 0.25) is 11.8 Å². The van der Waals surface area contributed by atoms with Crippen molar-refractivity contribution >= 4 is 23.4 Å². The van der Waals surface area contributed by atoms with Gasteiger partial charge in [-0.1, -0.05) is 23.4 Å². The largest absolute Gasteiger partial charge is 0.420 e. The van der Waals surface area contributed by atoms with Crippen LogP contribution >= 0.6 is 23.4 Å². The molecule has 0 radical (unpaired) electrons. The van der Waals surface area contributed by atoms with Crippen LogP contribution in [0.4, 0.5) is 0 Å². The predicted molar refractivity (Wildman–Crippen MR) is 87.3 cm³/mol. The molecule has 3 aromatic rings. The summed E-state index contributed by atoms with van der Waals surface area (Å²) in [6.45, 7) is 0. The Hall–Kier alpha value is -1.86. The summed E-state index contributed by atoms with van der Waals surface area (Å²) < 4.78 is 7.75. The fraction of sp³-hybridized carbons (Fsp3) is 0.333. The van der Waals surface area contributed by atoms with Crippen LogP contribution in [-0.4, -0.2) is 25.0 Å². The van der Waals surface area contributed by atoms with Crippen LogP contribution in [0.15, 0.2) is 33.8 Å². The summed E-state index contributed by atoms with van der Waals surface area (Å²) >= 11 is 7.43. The molecule has 118 valence electrons. The van der Waals surface area contributed by atoms with Gasteiger partial charge in [-0.15, -0.1) is 20.4 Å². The molecule has 6 nitrogen and oxygen atoms in total. The number of thioether (sulfide) groups is 1.